The zero-order chi connectivity index (χ0) is 22.7. The molecule has 0 unspecified atom stereocenters. The molecule has 5 heteroatoms. The second-order valence-corrected chi connectivity index (χ2v) is 8.72. The summed E-state index contributed by atoms with van der Waals surface area (Å²) < 4.78 is 5.67. The third kappa shape index (κ3) is 12.1. The summed E-state index contributed by atoms with van der Waals surface area (Å²) in [4.78, 5) is 16.5. The van der Waals surface area contributed by atoms with E-state index in [1.165, 1.54) is 75.3 Å². The highest BCUT2D eigenvalue weighted by Crippen LogP contribution is 2.20. The van der Waals surface area contributed by atoms with Crippen LogP contribution in [0.2, 0.25) is 0 Å². The normalized spacial score (nSPS) is 16.7. The monoisotopic (exact) mass is 438 g/mol. The summed E-state index contributed by atoms with van der Waals surface area (Å²) in [5, 5.41) is 0. The van der Waals surface area contributed by atoms with E-state index in [1.807, 2.05) is 0 Å². The molecule has 176 valence electrons. The summed E-state index contributed by atoms with van der Waals surface area (Å²) in [6.45, 7) is 4.35. The molecule has 0 atom stereocenters. The van der Waals surface area contributed by atoms with E-state index in [0.29, 0.717) is 18.7 Å². The molecule has 2 aliphatic carbocycles. The van der Waals surface area contributed by atoms with Gasteiger partial charge in [-0.3, -0.25) is 0 Å². The van der Waals surface area contributed by atoms with Gasteiger partial charge >= 0.3 is 0 Å². The first kappa shape index (κ1) is 26.2. The van der Waals surface area contributed by atoms with Gasteiger partial charge in [-0.05, 0) is 49.7 Å². The Kier molecular flexibility index (Phi) is 14.3. The lowest BCUT2D eigenvalue weighted by molar-refractivity contribution is 0.120. The van der Waals surface area contributed by atoms with Gasteiger partial charge in [0.25, 0.3) is 0 Å². The van der Waals surface area contributed by atoms with E-state index in [9.17, 15) is 0 Å². The molecular formula is C27H42N4O. The van der Waals surface area contributed by atoms with E-state index in [0.717, 1.165) is 26.0 Å². The van der Waals surface area contributed by atoms with Crippen LogP contribution in [0, 0.1) is 0 Å². The molecule has 5 nitrogen and oxygen atoms in total. The fourth-order valence-corrected chi connectivity index (χ4v) is 4.04. The summed E-state index contributed by atoms with van der Waals surface area (Å²) in [6.07, 6.45) is 14.9. The number of aliphatic imine (C=N–C) groups is 4. The fraction of sp³-hybridized carbons (Fsp3) is 0.704. The minimum Gasteiger partial charge on any atom is -0.377 e. The number of aryl methyl sites for hydroxylation is 1. The third-order valence-electron chi connectivity index (χ3n) is 6.06. The van der Waals surface area contributed by atoms with Crippen molar-refractivity contribution in [3.63, 3.8) is 0 Å². The van der Waals surface area contributed by atoms with Gasteiger partial charge in [-0.25, -0.2) is 20.0 Å². The zero-order valence-corrected chi connectivity index (χ0v) is 20.3. The van der Waals surface area contributed by atoms with Crippen molar-refractivity contribution in [2.24, 2.45) is 20.0 Å². The maximum Gasteiger partial charge on any atom is 0.0895 e. The second-order valence-electron chi connectivity index (χ2n) is 8.72. The predicted octanol–water partition coefficient (Wildman–Crippen LogP) is 6.79. The molecule has 32 heavy (non-hydrogen) atoms. The highest BCUT2D eigenvalue weighted by atomic mass is 16.5. The van der Waals surface area contributed by atoms with E-state index in [1.54, 1.807) is 7.05 Å². The molecule has 0 saturated heterocycles. The lowest BCUT2D eigenvalue weighted by atomic mass is 9.96. The van der Waals surface area contributed by atoms with Gasteiger partial charge in [-0.15, -0.1) is 0 Å². The minimum atomic E-state index is 0.472. The topological polar surface area (TPSA) is 58.7 Å². The summed E-state index contributed by atoms with van der Waals surface area (Å²) in [6, 6.07) is 15.2. The first-order chi connectivity index (χ1) is 15.8. The van der Waals surface area contributed by atoms with Crippen molar-refractivity contribution in [3.05, 3.63) is 35.4 Å². The second kappa shape index (κ2) is 17.5. The number of rotatable bonds is 9. The van der Waals surface area contributed by atoms with Gasteiger partial charge < -0.3 is 4.74 Å². The van der Waals surface area contributed by atoms with Crippen molar-refractivity contribution >= 4 is 12.0 Å². The molecule has 0 amide bonds. The lowest BCUT2D eigenvalue weighted by Gasteiger charge is -2.15. The summed E-state index contributed by atoms with van der Waals surface area (Å²) in [5.41, 5.74) is 2.61. The molecule has 0 spiro atoms. The number of nitrogens with zero attached hydrogens (tertiary/aromatic N) is 4. The Morgan fingerprint density at radius 3 is 1.94 bits per heavy atom. The van der Waals surface area contributed by atoms with Crippen LogP contribution in [0.3, 0.4) is 0 Å². The molecule has 1 aromatic rings. The Morgan fingerprint density at radius 1 is 0.812 bits per heavy atom. The smallest absolute Gasteiger partial charge is 0.0895 e. The quantitative estimate of drug-likeness (QED) is 0.309. The predicted molar refractivity (Wildman–Crippen MR) is 134 cm³/mol. The average molecular weight is 439 g/mol. The van der Waals surface area contributed by atoms with Gasteiger partial charge in [0.2, 0.25) is 0 Å². The van der Waals surface area contributed by atoms with Crippen LogP contribution in [0.15, 0.2) is 44.2 Å². The van der Waals surface area contributed by atoms with Crippen LogP contribution in [-0.2, 0) is 17.8 Å². The van der Waals surface area contributed by atoms with Crippen LogP contribution in [0.5, 0.6) is 0 Å². The number of hydrogen-bond acceptors (Lipinski definition) is 5. The molecule has 0 aliphatic heterocycles. The Morgan fingerprint density at radius 2 is 1.38 bits per heavy atom. The average Bonchev–Trinajstić information content (AvgIpc) is 2.86. The lowest BCUT2D eigenvalue weighted by Crippen LogP contribution is -2.08. The molecule has 2 saturated carbocycles. The highest BCUT2D eigenvalue weighted by Gasteiger charge is 2.11. The standard InChI is InChI=1S/C19H28N2O.C8H14N2/c1-2-17-9-11-18(12-10-17)15-22-14-6-13-20-16-21-19-7-4-3-5-8-19;1-9-7-10-8-5-3-2-4-6-8/h9-12,19H,2-8,13-15H2,1H3;8H,2-6H2,1H3. The molecule has 0 aromatic heterocycles. The molecule has 0 heterocycles. The maximum atomic E-state index is 5.67. The van der Waals surface area contributed by atoms with Crippen molar-refractivity contribution in [2.45, 2.75) is 103 Å². The minimum absolute atomic E-state index is 0.472. The molecule has 2 aliphatic rings. The number of hydrogen-bond donors (Lipinski definition) is 0. The molecule has 0 N–H and O–H groups in total. The van der Waals surface area contributed by atoms with Gasteiger partial charge in [-0.1, -0.05) is 69.7 Å². The van der Waals surface area contributed by atoms with E-state index >= 15 is 0 Å². The first-order valence-electron chi connectivity index (χ1n) is 12.6. The third-order valence-corrected chi connectivity index (χ3v) is 6.06. The van der Waals surface area contributed by atoms with Crippen molar-refractivity contribution in [3.8, 4) is 0 Å². The first-order valence-corrected chi connectivity index (χ1v) is 12.6. The SMILES string of the molecule is CCc1ccc(COCCCN=C=NC2CCCCC2)cc1.CN=C=NC1CCCCC1. The summed E-state index contributed by atoms with van der Waals surface area (Å²) in [7, 11) is 1.71. The van der Waals surface area contributed by atoms with Gasteiger partial charge in [-0.2, -0.15) is 0 Å². The summed E-state index contributed by atoms with van der Waals surface area (Å²) >= 11 is 0. The van der Waals surface area contributed by atoms with Gasteiger partial charge in [0, 0.05) is 13.7 Å². The van der Waals surface area contributed by atoms with Crippen LogP contribution in [0.4, 0.5) is 0 Å². The Labute approximate surface area is 195 Å². The molecule has 2 fully saturated rings. The van der Waals surface area contributed by atoms with Crippen LogP contribution in [-0.4, -0.2) is 44.3 Å². The summed E-state index contributed by atoms with van der Waals surface area (Å²) in [5.74, 6) is 0. The van der Waals surface area contributed by atoms with Crippen LogP contribution in [0.1, 0.15) is 88.7 Å². The Hall–Kier alpha value is -2.06. The highest BCUT2D eigenvalue weighted by molar-refractivity contribution is 5.41. The Balaban J connectivity index is 0.000000303. The van der Waals surface area contributed by atoms with Crippen LogP contribution >= 0.6 is 0 Å². The number of benzene rings is 1. The maximum absolute atomic E-state index is 5.67. The number of ether oxygens (including phenoxy) is 1. The molecule has 1 aromatic carbocycles. The molecule has 0 bridgehead atoms. The van der Waals surface area contributed by atoms with Gasteiger partial charge in [0.05, 0.1) is 37.3 Å². The fourth-order valence-electron chi connectivity index (χ4n) is 4.04. The molecule has 0 radical (unpaired) electrons. The van der Waals surface area contributed by atoms with Crippen molar-refractivity contribution in [1.82, 2.24) is 0 Å². The van der Waals surface area contributed by atoms with E-state index in [-0.39, 0.29) is 0 Å². The van der Waals surface area contributed by atoms with Crippen LogP contribution in [0.25, 0.3) is 0 Å². The van der Waals surface area contributed by atoms with E-state index < -0.39 is 0 Å². The molecule has 3 rings (SSSR count). The largest absolute Gasteiger partial charge is 0.377 e. The van der Waals surface area contributed by atoms with Gasteiger partial charge in [0.15, 0.2) is 0 Å². The van der Waals surface area contributed by atoms with Gasteiger partial charge in [0.1, 0.15) is 0 Å². The zero-order valence-electron chi connectivity index (χ0n) is 20.3. The van der Waals surface area contributed by atoms with Crippen molar-refractivity contribution < 1.29 is 4.74 Å². The van der Waals surface area contributed by atoms with Crippen molar-refractivity contribution in [2.75, 3.05) is 20.2 Å². The van der Waals surface area contributed by atoms with Crippen molar-refractivity contribution in [1.29, 1.82) is 0 Å². The van der Waals surface area contributed by atoms with E-state index in [2.05, 4.69) is 63.2 Å². The Bertz CT molecular complexity index is 719. The van der Waals surface area contributed by atoms with Crippen LogP contribution < -0.4 is 0 Å². The molecular weight excluding hydrogens is 396 g/mol. The van der Waals surface area contributed by atoms with E-state index in [4.69, 9.17) is 4.74 Å².